The van der Waals surface area contributed by atoms with Crippen LogP contribution in [0.2, 0.25) is 10.0 Å². The zero-order valence-electron chi connectivity index (χ0n) is 9.53. The number of pyridine rings is 1. The summed E-state index contributed by atoms with van der Waals surface area (Å²) in [4.78, 5) is 14.1. The Morgan fingerprint density at radius 1 is 1.21 bits per heavy atom. The number of halogens is 3. The molecular formula is C13H8Cl2FNO2. The summed E-state index contributed by atoms with van der Waals surface area (Å²) in [6, 6.07) is 7.59. The van der Waals surface area contributed by atoms with Gasteiger partial charge in [-0.25, -0.2) is 4.98 Å². The second-order valence-corrected chi connectivity index (χ2v) is 4.68. The summed E-state index contributed by atoms with van der Waals surface area (Å²) in [5, 5.41) is 9.37. The lowest BCUT2D eigenvalue weighted by atomic mass is 10.1. The van der Waals surface area contributed by atoms with Gasteiger partial charge >= 0.3 is 5.97 Å². The van der Waals surface area contributed by atoms with Crippen LogP contribution in [0.1, 0.15) is 5.69 Å². The van der Waals surface area contributed by atoms with E-state index >= 15 is 0 Å². The number of aromatic nitrogens is 1. The third kappa shape index (κ3) is 3.22. The van der Waals surface area contributed by atoms with Crippen molar-refractivity contribution >= 4 is 29.2 Å². The Labute approximate surface area is 118 Å². The van der Waals surface area contributed by atoms with Crippen LogP contribution < -0.4 is 0 Å². The van der Waals surface area contributed by atoms with Crippen molar-refractivity contribution in [2.75, 3.05) is 0 Å². The molecule has 3 nitrogen and oxygen atoms in total. The van der Waals surface area contributed by atoms with Crippen LogP contribution in [-0.4, -0.2) is 16.1 Å². The highest BCUT2D eigenvalue weighted by Gasteiger charge is 2.12. The Balaban J connectivity index is 2.43. The number of carbonyl (C=O) groups is 1. The third-order valence-corrected chi connectivity index (χ3v) is 3.01. The number of aliphatic carboxylic acids is 1. The van der Waals surface area contributed by atoms with Crippen molar-refractivity contribution in [2.45, 2.75) is 6.42 Å². The van der Waals surface area contributed by atoms with E-state index in [9.17, 15) is 9.18 Å². The summed E-state index contributed by atoms with van der Waals surface area (Å²) in [5.41, 5.74) is 0.813. The molecule has 0 radical (unpaired) electrons. The van der Waals surface area contributed by atoms with E-state index in [4.69, 9.17) is 28.3 Å². The molecule has 2 aromatic rings. The standard InChI is InChI=1S/C13H8Cl2FNO2/c14-7-1-3-9(11(15)5-7)10-4-2-8(6-12(18)19)17-13(10)16/h1-5H,6H2,(H,18,19). The first-order valence-electron chi connectivity index (χ1n) is 5.30. The Morgan fingerprint density at radius 3 is 2.47 bits per heavy atom. The van der Waals surface area contributed by atoms with E-state index in [0.29, 0.717) is 15.6 Å². The molecule has 1 aromatic carbocycles. The van der Waals surface area contributed by atoms with Crippen LogP contribution in [0.25, 0.3) is 11.1 Å². The van der Waals surface area contributed by atoms with Crippen LogP contribution in [0.15, 0.2) is 30.3 Å². The van der Waals surface area contributed by atoms with Gasteiger partial charge in [-0.05, 0) is 24.3 Å². The highest BCUT2D eigenvalue weighted by atomic mass is 35.5. The van der Waals surface area contributed by atoms with Gasteiger partial charge in [-0.1, -0.05) is 29.3 Å². The van der Waals surface area contributed by atoms with Crippen molar-refractivity contribution < 1.29 is 14.3 Å². The molecule has 1 N–H and O–H groups in total. The summed E-state index contributed by atoms with van der Waals surface area (Å²) in [7, 11) is 0. The molecule has 0 saturated heterocycles. The molecule has 19 heavy (non-hydrogen) atoms. The second kappa shape index (κ2) is 5.55. The zero-order valence-corrected chi connectivity index (χ0v) is 11.0. The number of carboxylic acids is 1. The van der Waals surface area contributed by atoms with Gasteiger partial charge in [-0.15, -0.1) is 0 Å². The van der Waals surface area contributed by atoms with Gasteiger partial charge in [0.05, 0.1) is 17.1 Å². The predicted octanol–water partition coefficient (Wildman–Crippen LogP) is 3.82. The van der Waals surface area contributed by atoms with E-state index in [0.717, 1.165) is 0 Å². The maximum absolute atomic E-state index is 13.9. The number of rotatable bonds is 3. The quantitative estimate of drug-likeness (QED) is 0.877. The van der Waals surface area contributed by atoms with Crippen LogP contribution >= 0.6 is 23.2 Å². The molecular weight excluding hydrogens is 292 g/mol. The molecule has 0 amide bonds. The van der Waals surface area contributed by atoms with Crippen molar-refractivity contribution in [3.63, 3.8) is 0 Å². The zero-order chi connectivity index (χ0) is 14.0. The fraction of sp³-hybridized carbons (Fsp3) is 0.0769. The average Bonchev–Trinajstić information content (AvgIpc) is 2.30. The van der Waals surface area contributed by atoms with E-state index in [1.165, 1.54) is 18.2 Å². The Kier molecular flexibility index (Phi) is 4.02. The molecule has 0 atom stereocenters. The van der Waals surface area contributed by atoms with Gasteiger partial charge in [-0.3, -0.25) is 4.79 Å². The van der Waals surface area contributed by atoms with Gasteiger partial charge in [0.1, 0.15) is 0 Å². The highest BCUT2D eigenvalue weighted by Crippen LogP contribution is 2.31. The van der Waals surface area contributed by atoms with Crippen LogP contribution in [0.5, 0.6) is 0 Å². The lowest BCUT2D eigenvalue weighted by molar-refractivity contribution is -0.136. The van der Waals surface area contributed by atoms with E-state index in [-0.39, 0.29) is 17.7 Å². The number of benzene rings is 1. The summed E-state index contributed by atoms with van der Waals surface area (Å²) in [6.07, 6.45) is -0.328. The van der Waals surface area contributed by atoms with Crippen molar-refractivity contribution in [1.82, 2.24) is 4.98 Å². The molecule has 0 saturated carbocycles. The van der Waals surface area contributed by atoms with Gasteiger partial charge in [0.25, 0.3) is 0 Å². The van der Waals surface area contributed by atoms with E-state index in [2.05, 4.69) is 4.98 Å². The first kappa shape index (κ1) is 13.8. The molecule has 98 valence electrons. The highest BCUT2D eigenvalue weighted by molar-refractivity contribution is 6.36. The van der Waals surface area contributed by atoms with Gasteiger partial charge < -0.3 is 5.11 Å². The normalized spacial score (nSPS) is 10.5. The molecule has 0 aliphatic heterocycles. The molecule has 0 fully saturated rings. The number of hydrogen-bond donors (Lipinski definition) is 1. The Morgan fingerprint density at radius 2 is 1.89 bits per heavy atom. The van der Waals surface area contributed by atoms with Crippen molar-refractivity contribution in [1.29, 1.82) is 0 Å². The van der Waals surface area contributed by atoms with Gasteiger partial charge in [0, 0.05) is 16.1 Å². The Bertz CT molecular complexity index is 647. The van der Waals surface area contributed by atoms with Crippen molar-refractivity contribution in [3.05, 3.63) is 52.0 Å². The topological polar surface area (TPSA) is 50.2 Å². The molecule has 1 aromatic heterocycles. The summed E-state index contributed by atoms with van der Waals surface area (Å²) in [5.74, 6) is -1.83. The minimum absolute atomic E-state index is 0.152. The van der Waals surface area contributed by atoms with Crippen molar-refractivity contribution in [3.8, 4) is 11.1 Å². The predicted molar refractivity (Wildman–Crippen MR) is 71.0 cm³/mol. The van der Waals surface area contributed by atoms with Gasteiger partial charge in [-0.2, -0.15) is 4.39 Å². The fourth-order valence-corrected chi connectivity index (χ4v) is 2.14. The average molecular weight is 300 g/mol. The molecule has 0 bridgehead atoms. The number of nitrogens with zero attached hydrogens (tertiary/aromatic N) is 1. The maximum Gasteiger partial charge on any atom is 0.309 e. The summed E-state index contributed by atoms with van der Waals surface area (Å²) in [6.45, 7) is 0. The van der Waals surface area contributed by atoms with E-state index in [1.807, 2.05) is 0 Å². The van der Waals surface area contributed by atoms with Gasteiger partial charge in [0.2, 0.25) is 5.95 Å². The molecule has 0 aliphatic carbocycles. The fourth-order valence-electron chi connectivity index (χ4n) is 1.63. The molecule has 6 heteroatoms. The molecule has 0 aliphatic rings. The summed E-state index contributed by atoms with van der Waals surface area (Å²) >= 11 is 11.8. The molecule has 0 unspecified atom stereocenters. The maximum atomic E-state index is 13.9. The van der Waals surface area contributed by atoms with E-state index < -0.39 is 11.9 Å². The second-order valence-electron chi connectivity index (χ2n) is 3.84. The van der Waals surface area contributed by atoms with E-state index in [1.54, 1.807) is 12.1 Å². The van der Waals surface area contributed by atoms with Crippen LogP contribution in [0.4, 0.5) is 4.39 Å². The Hall–Kier alpha value is -1.65. The summed E-state index contributed by atoms with van der Waals surface area (Å²) < 4.78 is 13.9. The lowest BCUT2D eigenvalue weighted by Crippen LogP contribution is -2.04. The third-order valence-electron chi connectivity index (χ3n) is 2.46. The molecule has 2 rings (SSSR count). The molecule has 1 heterocycles. The van der Waals surface area contributed by atoms with Crippen LogP contribution in [0.3, 0.4) is 0 Å². The van der Waals surface area contributed by atoms with Crippen molar-refractivity contribution in [2.24, 2.45) is 0 Å². The SMILES string of the molecule is O=C(O)Cc1ccc(-c2ccc(Cl)cc2Cl)c(F)n1. The van der Waals surface area contributed by atoms with Gasteiger partial charge in [0.15, 0.2) is 0 Å². The number of hydrogen-bond acceptors (Lipinski definition) is 2. The first-order chi connectivity index (χ1) is 8.97. The van der Waals surface area contributed by atoms with Crippen LogP contribution in [0, 0.1) is 5.95 Å². The largest absolute Gasteiger partial charge is 0.481 e. The lowest BCUT2D eigenvalue weighted by Gasteiger charge is -2.07. The monoisotopic (exact) mass is 299 g/mol. The number of carboxylic acid groups (broad SMARTS) is 1. The smallest absolute Gasteiger partial charge is 0.309 e. The van der Waals surface area contributed by atoms with Crippen LogP contribution in [-0.2, 0) is 11.2 Å². The first-order valence-corrected chi connectivity index (χ1v) is 6.05. The minimum atomic E-state index is -1.07. The minimum Gasteiger partial charge on any atom is -0.481 e. The molecule has 0 spiro atoms.